The largest absolute Gasteiger partial charge is 0.346 e. The van der Waals surface area contributed by atoms with E-state index in [0.29, 0.717) is 12.8 Å². The van der Waals surface area contributed by atoms with Crippen LogP contribution in [-0.4, -0.2) is 38.6 Å². The van der Waals surface area contributed by atoms with Crippen molar-refractivity contribution in [3.05, 3.63) is 29.8 Å². The quantitative estimate of drug-likeness (QED) is 0.821. The summed E-state index contributed by atoms with van der Waals surface area (Å²) in [6.07, 6.45) is 3.11. The van der Waals surface area contributed by atoms with E-state index in [1.54, 1.807) is 0 Å². The van der Waals surface area contributed by atoms with Crippen molar-refractivity contribution in [1.82, 2.24) is 5.32 Å². The maximum atomic E-state index is 13.0. The van der Waals surface area contributed by atoms with E-state index in [1.807, 2.05) is 0 Å². The zero-order chi connectivity index (χ0) is 17.1. The predicted molar refractivity (Wildman–Crippen MR) is 82.2 cm³/mol. The van der Waals surface area contributed by atoms with E-state index in [0.717, 1.165) is 12.8 Å². The minimum Gasteiger partial charge on any atom is -0.346 e. The number of hydrogen-bond acceptors (Lipinski definition) is 4. The zero-order valence-electron chi connectivity index (χ0n) is 12.6. The highest BCUT2D eigenvalue weighted by Gasteiger charge is 2.30. The van der Waals surface area contributed by atoms with Gasteiger partial charge in [0.25, 0.3) is 11.8 Å². The van der Waals surface area contributed by atoms with Crippen molar-refractivity contribution in [3.8, 4) is 0 Å². The van der Waals surface area contributed by atoms with Crippen molar-refractivity contribution < 1.29 is 22.0 Å². The lowest BCUT2D eigenvalue weighted by molar-refractivity contribution is 0.0118. The summed E-state index contributed by atoms with van der Waals surface area (Å²) < 4.78 is 50.8. The average Bonchev–Trinajstić information content (AvgIpc) is 3.08. The minimum absolute atomic E-state index is 0.128. The predicted octanol–water partition coefficient (Wildman–Crippen LogP) is 1.73. The Morgan fingerprint density at radius 2 is 1.78 bits per heavy atom. The van der Waals surface area contributed by atoms with Crippen LogP contribution in [0.3, 0.4) is 0 Å². The van der Waals surface area contributed by atoms with E-state index in [-0.39, 0.29) is 15.7 Å². The molecule has 128 valence electrons. The second-order valence-electron chi connectivity index (χ2n) is 5.72. The molecule has 1 saturated carbocycles. The topological polar surface area (TPSA) is 89.3 Å². The lowest BCUT2D eigenvalue weighted by Crippen LogP contribution is -2.41. The Labute approximate surface area is 134 Å². The SMILES string of the molecule is NCC(F)(F)CNC(=O)c1ccc(S(=O)(=O)C2CCCC2)cc1. The summed E-state index contributed by atoms with van der Waals surface area (Å²) in [4.78, 5) is 12.0. The summed E-state index contributed by atoms with van der Waals surface area (Å²) in [5.41, 5.74) is 5.02. The minimum atomic E-state index is -3.39. The molecule has 1 aromatic rings. The van der Waals surface area contributed by atoms with Crippen LogP contribution < -0.4 is 11.1 Å². The van der Waals surface area contributed by atoms with Gasteiger partial charge >= 0.3 is 0 Å². The molecule has 0 heterocycles. The molecule has 8 heteroatoms. The number of nitrogens with two attached hydrogens (primary N) is 1. The third kappa shape index (κ3) is 4.26. The van der Waals surface area contributed by atoms with Crippen molar-refractivity contribution in [2.75, 3.05) is 13.1 Å². The Balaban J connectivity index is 2.06. The molecule has 23 heavy (non-hydrogen) atoms. The summed E-state index contributed by atoms with van der Waals surface area (Å²) >= 11 is 0. The molecular weight excluding hydrogens is 326 g/mol. The van der Waals surface area contributed by atoms with Gasteiger partial charge in [-0.05, 0) is 37.1 Å². The average molecular weight is 346 g/mol. The first-order valence-electron chi connectivity index (χ1n) is 7.46. The number of carbonyl (C=O) groups is 1. The Bertz CT molecular complexity index is 654. The Hall–Kier alpha value is -1.54. The van der Waals surface area contributed by atoms with Crippen LogP contribution in [0.2, 0.25) is 0 Å². The molecule has 0 aliphatic heterocycles. The molecule has 0 saturated heterocycles. The van der Waals surface area contributed by atoms with Crippen molar-refractivity contribution in [2.24, 2.45) is 5.73 Å². The van der Waals surface area contributed by atoms with Crippen LogP contribution >= 0.6 is 0 Å². The first-order valence-corrected chi connectivity index (χ1v) is 9.01. The van der Waals surface area contributed by atoms with E-state index in [2.05, 4.69) is 5.32 Å². The standard InChI is InChI=1S/C15H20F2N2O3S/c16-15(17,9-18)10-19-14(20)11-5-7-13(8-6-11)23(21,22)12-3-1-2-4-12/h5-8,12H,1-4,9-10,18H2,(H,19,20). The second kappa shape index (κ2) is 6.92. The normalized spacial score (nSPS) is 16.5. The number of alkyl halides is 2. The van der Waals surface area contributed by atoms with Gasteiger partial charge in [-0.2, -0.15) is 0 Å². The first kappa shape index (κ1) is 17.8. The van der Waals surface area contributed by atoms with Crippen LogP contribution in [0.1, 0.15) is 36.0 Å². The fraction of sp³-hybridized carbons (Fsp3) is 0.533. The van der Waals surface area contributed by atoms with Gasteiger partial charge in [-0.3, -0.25) is 4.79 Å². The monoisotopic (exact) mass is 346 g/mol. The molecule has 0 radical (unpaired) electrons. The number of rotatable bonds is 6. The molecular formula is C15H20F2N2O3S. The molecule has 1 aliphatic carbocycles. The molecule has 0 aromatic heterocycles. The van der Waals surface area contributed by atoms with Crippen LogP contribution in [0.4, 0.5) is 8.78 Å². The Morgan fingerprint density at radius 1 is 1.22 bits per heavy atom. The van der Waals surface area contributed by atoms with Gasteiger partial charge in [-0.1, -0.05) is 12.8 Å². The maximum Gasteiger partial charge on any atom is 0.277 e. The van der Waals surface area contributed by atoms with Crippen LogP contribution in [0.15, 0.2) is 29.2 Å². The van der Waals surface area contributed by atoms with Crippen molar-refractivity contribution >= 4 is 15.7 Å². The van der Waals surface area contributed by atoms with E-state index >= 15 is 0 Å². The van der Waals surface area contributed by atoms with Crippen LogP contribution in [0.5, 0.6) is 0 Å². The second-order valence-corrected chi connectivity index (χ2v) is 7.95. The van der Waals surface area contributed by atoms with Gasteiger partial charge in [-0.15, -0.1) is 0 Å². The van der Waals surface area contributed by atoms with Gasteiger partial charge in [0.15, 0.2) is 9.84 Å². The molecule has 1 aliphatic rings. The van der Waals surface area contributed by atoms with Gasteiger partial charge in [0, 0.05) is 5.56 Å². The highest BCUT2D eigenvalue weighted by Crippen LogP contribution is 2.29. The van der Waals surface area contributed by atoms with Gasteiger partial charge in [0.1, 0.15) is 0 Å². The Morgan fingerprint density at radius 3 is 2.30 bits per heavy atom. The van der Waals surface area contributed by atoms with Gasteiger partial charge in [-0.25, -0.2) is 17.2 Å². The van der Waals surface area contributed by atoms with E-state index in [4.69, 9.17) is 5.73 Å². The summed E-state index contributed by atoms with van der Waals surface area (Å²) in [6, 6.07) is 5.36. The fourth-order valence-corrected chi connectivity index (χ4v) is 4.43. The summed E-state index contributed by atoms with van der Waals surface area (Å²) in [5, 5.41) is 1.72. The molecule has 0 bridgehead atoms. The molecule has 1 fully saturated rings. The highest BCUT2D eigenvalue weighted by atomic mass is 32.2. The van der Waals surface area contributed by atoms with E-state index in [9.17, 15) is 22.0 Å². The lowest BCUT2D eigenvalue weighted by atomic mass is 10.2. The van der Waals surface area contributed by atoms with Crippen molar-refractivity contribution in [3.63, 3.8) is 0 Å². The number of carbonyl (C=O) groups excluding carboxylic acids is 1. The van der Waals surface area contributed by atoms with Gasteiger partial charge in [0.05, 0.1) is 23.2 Å². The third-order valence-electron chi connectivity index (χ3n) is 3.99. The number of halogens is 2. The Kier molecular flexibility index (Phi) is 5.36. The summed E-state index contributed by atoms with van der Waals surface area (Å²) in [6.45, 7) is -1.71. The maximum absolute atomic E-state index is 13.0. The van der Waals surface area contributed by atoms with E-state index < -0.39 is 34.8 Å². The molecule has 1 aromatic carbocycles. The molecule has 0 atom stereocenters. The van der Waals surface area contributed by atoms with Gasteiger partial charge < -0.3 is 11.1 Å². The fourth-order valence-electron chi connectivity index (χ4n) is 2.57. The number of amides is 1. The molecule has 0 unspecified atom stereocenters. The number of nitrogens with one attached hydrogen (secondary N) is 1. The molecule has 2 rings (SSSR count). The number of benzene rings is 1. The van der Waals surface area contributed by atoms with Crippen molar-refractivity contribution in [2.45, 2.75) is 41.8 Å². The van der Waals surface area contributed by atoms with Crippen LogP contribution in [0.25, 0.3) is 0 Å². The number of hydrogen-bond donors (Lipinski definition) is 2. The third-order valence-corrected chi connectivity index (χ3v) is 6.27. The summed E-state index contributed by atoms with van der Waals surface area (Å²) in [7, 11) is -3.39. The lowest BCUT2D eigenvalue weighted by Gasteiger charge is -2.15. The molecule has 0 spiro atoms. The zero-order valence-corrected chi connectivity index (χ0v) is 13.4. The number of sulfone groups is 1. The molecule has 3 N–H and O–H groups in total. The molecule has 1 amide bonds. The van der Waals surface area contributed by atoms with Gasteiger partial charge in [0.2, 0.25) is 0 Å². The van der Waals surface area contributed by atoms with E-state index in [1.165, 1.54) is 24.3 Å². The van der Waals surface area contributed by atoms with Crippen LogP contribution in [-0.2, 0) is 9.84 Å². The highest BCUT2D eigenvalue weighted by molar-refractivity contribution is 7.92. The van der Waals surface area contributed by atoms with Crippen molar-refractivity contribution in [1.29, 1.82) is 0 Å². The first-order chi connectivity index (χ1) is 10.8. The smallest absolute Gasteiger partial charge is 0.277 e. The van der Waals surface area contributed by atoms with Crippen LogP contribution in [0, 0.1) is 0 Å². The summed E-state index contributed by atoms with van der Waals surface area (Å²) in [5.74, 6) is -3.86. The molecule has 5 nitrogen and oxygen atoms in total.